The molecule has 25 heavy (non-hydrogen) atoms. The van der Waals surface area contributed by atoms with Crippen LogP contribution in [0, 0.1) is 0 Å². The first kappa shape index (κ1) is 18.4. The Balaban J connectivity index is 1.59. The number of thioether (sulfide) groups is 1. The summed E-state index contributed by atoms with van der Waals surface area (Å²) in [6, 6.07) is 4.91. The summed E-state index contributed by atoms with van der Waals surface area (Å²) in [5.41, 5.74) is 0.483. The molecule has 0 saturated heterocycles. The van der Waals surface area contributed by atoms with E-state index in [9.17, 15) is 4.79 Å². The third kappa shape index (κ3) is 4.59. The fourth-order valence-electron chi connectivity index (χ4n) is 2.94. The zero-order valence-electron chi connectivity index (χ0n) is 13.5. The van der Waals surface area contributed by atoms with Gasteiger partial charge < -0.3 is 11.2 Å². The zero-order valence-corrected chi connectivity index (χ0v) is 15.9. The maximum atomic E-state index is 12.1. The van der Waals surface area contributed by atoms with E-state index in [0.717, 1.165) is 18.7 Å². The average Bonchev–Trinajstić information content (AvgIpc) is 2.98. The highest BCUT2D eigenvalue weighted by atomic mass is 35.5. The lowest BCUT2D eigenvalue weighted by Crippen LogP contribution is -2.19. The summed E-state index contributed by atoms with van der Waals surface area (Å²) in [5, 5.41) is 12.6. The predicted octanol–water partition coefficient (Wildman–Crippen LogP) is 4.08. The van der Waals surface area contributed by atoms with E-state index >= 15 is 0 Å². The fourth-order valence-corrected chi connectivity index (χ4v) is 3.94. The van der Waals surface area contributed by atoms with E-state index in [1.54, 1.807) is 18.2 Å². The molecule has 1 aromatic carbocycles. The van der Waals surface area contributed by atoms with Crippen LogP contribution >= 0.6 is 35.0 Å². The van der Waals surface area contributed by atoms with Crippen molar-refractivity contribution in [2.24, 2.45) is 0 Å². The van der Waals surface area contributed by atoms with E-state index in [1.165, 1.54) is 35.7 Å². The van der Waals surface area contributed by atoms with Crippen LogP contribution < -0.4 is 11.2 Å². The molecule has 0 spiro atoms. The number of amides is 1. The second-order valence-electron chi connectivity index (χ2n) is 6.01. The van der Waals surface area contributed by atoms with Crippen molar-refractivity contribution >= 4 is 46.6 Å². The molecular formula is C16H19Cl2N5OS. The number of nitrogens with two attached hydrogens (primary N) is 1. The normalized spacial score (nSPS) is 15.3. The van der Waals surface area contributed by atoms with Gasteiger partial charge in [0.15, 0.2) is 5.82 Å². The monoisotopic (exact) mass is 399 g/mol. The highest BCUT2D eigenvalue weighted by Crippen LogP contribution is 2.32. The summed E-state index contributed by atoms with van der Waals surface area (Å²) in [4.78, 5) is 12.1. The van der Waals surface area contributed by atoms with Crippen LogP contribution in [-0.2, 0) is 4.79 Å². The van der Waals surface area contributed by atoms with Gasteiger partial charge in [-0.1, -0.05) is 54.2 Å². The largest absolute Gasteiger partial charge is 0.336 e. The van der Waals surface area contributed by atoms with Crippen molar-refractivity contribution in [3.8, 4) is 0 Å². The van der Waals surface area contributed by atoms with E-state index in [0.29, 0.717) is 26.8 Å². The molecule has 1 saturated carbocycles. The molecule has 134 valence electrons. The van der Waals surface area contributed by atoms with Crippen molar-refractivity contribution in [2.75, 3.05) is 16.9 Å². The third-order valence-electron chi connectivity index (χ3n) is 4.20. The molecule has 1 amide bonds. The molecule has 1 heterocycles. The summed E-state index contributed by atoms with van der Waals surface area (Å²) < 4.78 is 1.51. The summed E-state index contributed by atoms with van der Waals surface area (Å²) in [5.74, 6) is 7.23. The van der Waals surface area contributed by atoms with Gasteiger partial charge in [0.1, 0.15) is 0 Å². The van der Waals surface area contributed by atoms with Crippen LogP contribution in [0.3, 0.4) is 0 Å². The number of aromatic nitrogens is 3. The minimum absolute atomic E-state index is 0.156. The van der Waals surface area contributed by atoms with E-state index in [1.807, 2.05) is 0 Å². The van der Waals surface area contributed by atoms with Crippen molar-refractivity contribution in [3.63, 3.8) is 0 Å². The van der Waals surface area contributed by atoms with Crippen molar-refractivity contribution in [3.05, 3.63) is 34.1 Å². The molecule has 0 aliphatic heterocycles. The Morgan fingerprint density at radius 3 is 2.80 bits per heavy atom. The number of hydrogen-bond acceptors (Lipinski definition) is 5. The topological polar surface area (TPSA) is 85.8 Å². The number of rotatable bonds is 5. The SMILES string of the molecule is Nn1c(SCC(=O)Nc2cc(Cl)ccc2Cl)nnc1C1CCCCC1. The molecule has 0 unspecified atom stereocenters. The lowest BCUT2D eigenvalue weighted by molar-refractivity contribution is -0.113. The first-order chi connectivity index (χ1) is 12.0. The van der Waals surface area contributed by atoms with Crippen LogP contribution in [0.4, 0.5) is 5.69 Å². The molecule has 1 aliphatic rings. The first-order valence-corrected chi connectivity index (χ1v) is 9.87. The van der Waals surface area contributed by atoms with Gasteiger partial charge in [-0.3, -0.25) is 4.79 Å². The maximum absolute atomic E-state index is 12.1. The lowest BCUT2D eigenvalue weighted by atomic mass is 9.89. The smallest absolute Gasteiger partial charge is 0.234 e. The van der Waals surface area contributed by atoms with Crippen LogP contribution in [0.1, 0.15) is 43.8 Å². The third-order valence-corrected chi connectivity index (χ3v) is 5.70. The molecule has 0 radical (unpaired) electrons. The van der Waals surface area contributed by atoms with Crippen molar-refractivity contribution < 1.29 is 4.79 Å². The Bertz CT molecular complexity index is 761. The van der Waals surface area contributed by atoms with Crippen LogP contribution in [0.15, 0.2) is 23.4 Å². The molecule has 0 bridgehead atoms. The van der Waals surface area contributed by atoms with Gasteiger partial charge in [0, 0.05) is 10.9 Å². The highest BCUT2D eigenvalue weighted by Gasteiger charge is 2.22. The summed E-state index contributed by atoms with van der Waals surface area (Å²) in [6.07, 6.45) is 5.84. The fraction of sp³-hybridized carbons (Fsp3) is 0.438. The Morgan fingerprint density at radius 2 is 2.04 bits per heavy atom. The first-order valence-electron chi connectivity index (χ1n) is 8.12. The van der Waals surface area contributed by atoms with E-state index in [-0.39, 0.29) is 11.7 Å². The van der Waals surface area contributed by atoms with Gasteiger partial charge in [0.25, 0.3) is 0 Å². The summed E-state index contributed by atoms with van der Waals surface area (Å²) >= 11 is 13.2. The summed E-state index contributed by atoms with van der Waals surface area (Å²) in [6.45, 7) is 0. The molecule has 9 heteroatoms. The van der Waals surface area contributed by atoms with Crippen LogP contribution in [0.25, 0.3) is 0 Å². The maximum Gasteiger partial charge on any atom is 0.234 e. The molecule has 3 rings (SSSR count). The van der Waals surface area contributed by atoms with Gasteiger partial charge in [0.2, 0.25) is 11.1 Å². The Morgan fingerprint density at radius 1 is 1.28 bits per heavy atom. The number of halogens is 2. The average molecular weight is 400 g/mol. The lowest BCUT2D eigenvalue weighted by Gasteiger charge is -2.20. The number of carbonyl (C=O) groups excluding carboxylic acids is 1. The number of benzene rings is 1. The van der Waals surface area contributed by atoms with Crippen LogP contribution in [0.5, 0.6) is 0 Å². The number of anilines is 1. The van der Waals surface area contributed by atoms with Gasteiger partial charge in [0.05, 0.1) is 16.5 Å². The van der Waals surface area contributed by atoms with Gasteiger partial charge >= 0.3 is 0 Å². The molecular weight excluding hydrogens is 381 g/mol. The summed E-state index contributed by atoms with van der Waals surface area (Å²) in [7, 11) is 0. The van der Waals surface area contributed by atoms with E-state index in [2.05, 4.69) is 15.5 Å². The minimum atomic E-state index is -0.212. The quantitative estimate of drug-likeness (QED) is 0.584. The number of nitrogens with one attached hydrogen (secondary N) is 1. The van der Waals surface area contributed by atoms with Crippen molar-refractivity contribution in [1.82, 2.24) is 14.9 Å². The van der Waals surface area contributed by atoms with E-state index in [4.69, 9.17) is 29.0 Å². The zero-order chi connectivity index (χ0) is 17.8. The molecule has 1 fully saturated rings. The highest BCUT2D eigenvalue weighted by molar-refractivity contribution is 7.99. The second kappa shape index (κ2) is 8.29. The Labute approximate surface area is 160 Å². The minimum Gasteiger partial charge on any atom is -0.336 e. The molecule has 6 nitrogen and oxygen atoms in total. The van der Waals surface area contributed by atoms with Crippen molar-refractivity contribution in [2.45, 2.75) is 43.2 Å². The van der Waals surface area contributed by atoms with Gasteiger partial charge in [-0.05, 0) is 31.0 Å². The molecule has 1 aliphatic carbocycles. The predicted molar refractivity (Wildman–Crippen MR) is 102 cm³/mol. The van der Waals surface area contributed by atoms with Crippen LogP contribution in [-0.4, -0.2) is 26.5 Å². The number of nitrogens with zero attached hydrogens (tertiary/aromatic N) is 3. The number of hydrogen-bond donors (Lipinski definition) is 2. The van der Waals surface area contributed by atoms with Crippen molar-refractivity contribution in [1.29, 1.82) is 0 Å². The van der Waals surface area contributed by atoms with Crippen LogP contribution in [0.2, 0.25) is 10.0 Å². The van der Waals surface area contributed by atoms with E-state index < -0.39 is 0 Å². The van der Waals surface area contributed by atoms with Gasteiger partial charge in [-0.2, -0.15) is 0 Å². The molecule has 0 atom stereocenters. The van der Waals surface area contributed by atoms with Gasteiger partial charge in [-0.15, -0.1) is 10.2 Å². The molecule has 1 aromatic heterocycles. The standard InChI is InChI=1S/C16H19Cl2N5OS/c17-11-6-7-12(18)13(8-11)20-14(24)9-25-16-22-21-15(23(16)19)10-4-2-1-3-5-10/h6-8,10H,1-5,9,19H2,(H,20,24). The Hall–Kier alpha value is -1.44. The second-order valence-corrected chi connectivity index (χ2v) is 7.79. The molecule has 3 N–H and O–H groups in total. The number of carbonyl (C=O) groups is 1. The Kier molecular flexibility index (Phi) is 6.09. The molecule has 2 aromatic rings. The van der Waals surface area contributed by atoms with Gasteiger partial charge in [-0.25, -0.2) is 4.68 Å². The number of nitrogen functional groups attached to an aromatic ring is 1.